The number of fused-ring (bicyclic) bond motifs is 1. The number of anilines is 1. The summed E-state index contributed by atoms with van der Waals surface area (Å²) in [5.41, 5.74) is 3.44. The standard InChI is InChI=1S/C26H36N6O/c1-19-23-9-6-13-31(18-22-8-3-4-12-27-22)25(23)29-24(28-19)21-7-5-14-32(17-21)26(33)20-10-15-30(2)16-11-20/h3-4,8,12,20-21H,5-7,9-11,13-18H2,1-2H3. The SMILES string of the molecule is Cc1nc(C2CCCN(C(=O)C3CCN(C)CC3)C2)nc2c1CCCN2Cc1ccccn1. The predicted molar refractivity (Wildman–Crippen MR) is 129 cm³/mol. The van der Waals surface area contributed by atoms with Gasteiger partial charge in [-0.3, -0.25) is 9.78 Å². The lowest BCUT2D eigenvalue weighted by Crippen LogP contribution is -2.45. The van der Waals surface area contributed by atoms with Crippen molar-refractivity contribution in [3.05, 3.63) is 47.2 Å². The maximum atomic E-state index is 13.2. The van der Waals surface area contributed by atoms with Gasteiger partial charge in [-0.05, 0) is 77.7 Å². The first-order chi connectivity index (χ1) is 16.1. The first kappa shape index (κ1) is 22.3. The molecule has 0 spiro atoms. The number of nitrogens with zero attached hydrogens (tertiary/aromatic N) is 6. The minimum Gasteiger partial charge on any atom is -0.350 e. The summed E-state index contributed by atoms with van der Waals surface area (Å²) in [6.45, 7) is 7.55. The third-order valence-electron chi connectivity index (χ3n) is 7.61. The third-order valence-corrected chi connectivity index (χ3v) is 7.61. The molecule has 2 aromatic heterocycles. The van der Waals surface area contributed by atoms with Crippen LogP contribution in [0.5, 0.6) is 0 Å². The Bertz CT molecular complexity index is 972. The number of hydrogen-bond donors (Lipinski definition) is 0. The molecule has 176 valence electrons. The van der Waals surface area contributed by atoms with Crippen LogP contribution in [-0.2, 0) is 17.8 Å². The molecule has 7 nitrogen and oxygen atoms in total. The highest BCUT2D eigenvalue weighted by atomic mass is 16.2. The van der Waals surface area contributed by atoms with Crippen molar-refractivity contribution in [1.29, 1.82) is 0 Å². The summed E-state index contributed by atoms with van der Waals surface area (Å²) in [6, 6.07) is 6.08. The van der Waals surface area contributed by atoms with Crippen LogP contribution in [0.15, 0.2) is 24.4 Å². The topological polar surface area (TPSA) is 65.5 Å². The third kappa shape index (κ3) is 4.88. The summed E-state index contributed by atoms with van der Waals surface area (Å²) in [6.07, 6.45) is 8.04. The lowest BCUT2D eigenvalue weighted by Gasteiger charge is -2.37. The van der Waals surface area contributed by atoms with E-state index in [9.17, 15) is 4.79 Å². The molecular formula is C26H36N6O. The van der Waals surface area contributed by atoms with Gasteiger partial charge in [0.25, 0.3) is 0 Å². The van der Waals surface area contributed by atoms with Crippen molar-refractivity contribution in [3.8, 4) is 0 Å². The molecule has 5 heterocycles. The Balaban J connectivity index is 1.34. The second kappa shape index (κ2) is 9.75. The van der Waals surface area contributed by atoms with E-state index in [1.165, 1.54) is 5.56 Å². The molecule has 3 aliphatic rings. The average Bonchev–Trinajstić information content (AvgIpc) is 2.85. The fraction of sp³-hybridized carbons (Fsp3) is 0.615. The van der Waals surface area contributed by atoms with Crippen LogP contribution in [0.2, 0.25) is 0 Å². The number of rotatable bonds is 4. The van der Waals surface area contributed by atoms with Gasteiger partial charge in [-0.15, -0.1) is 0 Å². The molecule has 2 saturated heterocycles. The second-order valence-electron chi connectivity index (χ2n) is 10.0. The number of aryl methyl sites for hydroxylation is 1. The summed E-state index contributed by atoms with van der Waals surface area (Å²) < 4.78 is 0. The van der Waals surface area contributed by atoms with Crippen LogP contribution in [0.1, 0.15) is 60.8 Å². The van der Waals surface area contributed by atoms with E-state index in [1.807, 2.05) is 18.3 Å². The van der Waals surface area contributed by atoms with Crippen molar-refractivity contribution in [1.82, 2.24) is 24.8 Å². The van der Waals surface area contributed by atoms with Crippen LogP contribution in [0.25, 0.3) is 0 Å². The van der Waals surface area contributed by atoms with E-state index < -0.39 is 0 Å². The molecule has 0 N–H and O–H groups in total. The van der Waals surface area contributed by atoms with Crippen LogP contribution in [-0.4, -0.2) is 70.4 Å². The number of aromatic nitrogens is 3. The number of carbonyl (C=O) groups is 1. The Labute approximate surface area is 197 Å². The predicted octanol–water partition coefficient (Wildman–Crippen LogP) is 3.18. The van der Waals surface area contributed by atoms with E-state index in [2.05, 4.69) is 39.7 Å². The zero-order valence-electron chi connectivity index (χ0n) is 20.0. The maximum absolute atomic E-state index is 13.2. The zero-order valence-corrected chi connectivity index (χ0v) is 20.0. The molecule has 1 unspecified atom stereocenters. The molecule has 2 aromatic rings. The maximum Gasteiger partial charge on any atom is 0.225 e. The van der Waals surface area contributed by atoms with E-state index in [0.717, 1.165) is 101 Å². The molecule has 33 heavy (non-hydrogen) atoms. The molecule has 0 aliphatic carbocycles. The van der Waals surface area contributed by atoms with Crippen LogP contribution >= 0.6 is 0 Å². The smallest absolute Gasteiger partial charge is 0.225 e. The summed E-state index contributed by atoms with van der Waals surface area (Å²) in [4.78, 5) is 34.7. The number of pyridine rings is 1. The van der Waals surface area contributed by atoms with Gasteiger partial charge < -0.3 is 14.7 Å². The van der Waals surface area contributed by atoms with Gasteiger partial charge in [0, 0.05) is 48.9 Å². The molecule has 0 saturated carbocycles. The minimum atomic E-state index is 0.181. The summed E-state index contributed by atoms with van der Waals surface area (Å²) in [5.74, 6) is 2.74. The van der Waals surface area contributed by atoms with Gasteiger partial charge in [-0.1, -0.05) is 6.07 Å². The second-order valence-corrected chi connectivity index (χ2v) is 10.0. The lowest BCUT2D eigenvalue weighted by atomic mass is 9.92. The first-order valence-corrected chi connectivity index (χ1v) is 12.6. The van der Waals surface area contributed by atoms with Crippen LogP contribution in [0, 0.1) is 12.8 Å². The van der Waals surface area contributed by atoms with Crippen molar-refractivity contribution in [3.63, 3.8) is 0 Å². The monoisotopic (exact) mass is 448 g/mol. The van der Waals surface area contributed by atoms with E-state index >= 15 is 0 Å². The summed E-state index contributed by atoms with van der Waals surface area (Å²) in [7, 11) is 2.14. The summed E-state index contributed by atoms with van der Waals surface area (Å²) >= 11 is 0. The Morgan fingerprint density at radius 1 is 1.06 bits per heavy atom. The van der Waals surface area contributed by atoms with E-state index in [0.29, 0.717) is 5.91 Å². The van der Waals surface area contributed by atoms with Gasteiger partial charge in [-0.25, -0.2) is 9.97 Å². The molecule has 2 fully saturated rings. The average molecular weight is 449 g/mol. The van der Waals surface area contributed by atoms with Crippen molar-refractivity contribution < 1.29 is 4.79 Å². The fourth-order valence-electron chi connectivity index (χ4n) is 5.63. The van der Waals surface area contributed by atoms with Crippen LogP contribution in [0.3, 0.4) is 0 Å². The van der Waals surface area contributed by atoms with E-state index in [-0.39, 0.29) is 11.8 Å². The molecule has 0 aromatic carbocycles. The van der Waals surface area contributed by atoms with E-state index in [4.69, 9.17) is 9.97 Å². The Kier molecular flexibility index (Phi) is 6.58. The largest absolute Gasteiger partial charge is 0.350 e. The number of piperidine rings is 2. The molecule has 0 bridgehead atoms. The van der Waals surface area contributed by atoms with Crippen molar-refractivity contribution in [2.45, 2.75) is 57.9 Å². The van der Waals surface area contributed by atoms with E-state index in [1.54, 1.807) is 0 Å². The number of hydrogen-bond acceptors (Lipinski definition) is 6. The Hall–Kier alpha value is -2.54. The lowest BCUT2D eigenvalue weighted by molar-refractivity contribution is -0.138. The molecule has 1 amide bonds. The highest BCUT2D eigenvalue weighted by Crippen LogP contribution is 2.33. The van der Waals surface area contributed by atoms with Gasteiger partial charge in [0.1, 0.15) is 11.6 Å². The van der Waals surface area contributed by atoms with Gasteiger partial charge in [-0.2, -0.15) is 0 Å². The van der Waals surface area contributed by atoms with Crippen molar-refractivity contribution >= 4 is 11.7 Å². The number of likely N-dealkylation sites (tertiary alicyclic amines) is 2. The molecule has 7 heteroatoms. The zero-order chi connectivity index (χ0) is 22.8. The molecule has 0 radical (unpaired) electrons. The Morgan fingerprint density at radius 3 is 2.70 bits per heavy atom. The quantitative estimate of drug-likeness (QED) is 0.716. The van der Waals surface area contributed by atoms with Crippen molar-refractivity contribution in [2.24, 2.45) is 5.92 Å². The molecule has 5 rings (SSSR count). The van der Waals surface area contributed by atoms with Crippen LogP contribution in [0.4, 0.5) is 5.82 Å². The highest BCUT2D eigenvalue weighted by Gasteiger charge is 2.33. The van der Waals surface area contributed by atoms with Gasteiger partial charge in [0.15, 0.2) is 0 Å². The highest BCUT2D eigenvalue weighted by molar-refractivity contribution is 5.79. The number of amides is 1. The van der Waals surface area contributed by atoms with Crippen molar-refractivity contribution in [2.75, 3.05) is 44.7 Å². The molecule has 1 atom stereocenters. The van der Waals surface area contributed by atoms with Crippen LogP contribution < -0.4 is 4.90 Å². The molecular weight excluding hydrogens is 412 g/mol. The van der Waals surface area contributed by atoms with Gasteiger partial charge in [0.2, 0.25) is 5.91 Å². The Morgan fingerprint density at radius 2 is 1.91 bits per heavy atom. The van der Waals surface area contributed by atoms with Gasteiger partial charge >= 0.3 is 0 Å². The fourth-order valence-corrected chi connectivity index (χ4v) is 5.63. The first-order valence-electron chi connectivity index (χ1n) is 12.6. The number of carbonyl (C=O) groups excluding carboxylic acids is 1. The van der Waals surface area contributed by atoms with Gasteiger partial charge in [0.05, 0.1) is 12.2 Å². The normalized spacial score (nSPS) is 22.3. The summed E-state index contributed by atoms with van der Waals surface area (Å²) in [5, 5.41) is 0. The minimum absolute atomic E-state index is 0.181. The molecule has 3 aliphatic heterocycles.